The van der Waals surface area contributed by atoms with Crippen molar-refractivity contribution in [3.63, 3.8) is 0 Å². The van der Waals surface area contributed by atoms with Gasteiger partial charge in [-0.25, -0.2) is 0 Å². The van der Waals surface area contributed by atoms with E-state index in [-0.39, 0.29) is 12.7 Å². The van der Waals surface area contributed by atoms with Gasteiger partial charge in [-0.15, -0.1) is 0 Å². The van der Waals surface area contributed by atoms with E-state index in [0.29, 0.717) is 17.3 Å². The lowest BCUT2D eigenvalue weighted by atomic mass is 10.1. The van der Waals surface area contributed by atoms with Gasteiger partial charge in [0, 0.05) is 31.3 Å². The van der Waals surface area contributed by atoms with Gasteiger partial charge in [-0.3, -0.25) is 4.90 Å². The van der Waals surface area contributed by atoms with Crippen LogP contribution in [-0.2, 0) is 11.3 Å². The molecule has 0 aromatic heterocycles. The molecule has 2 atom stereocenters. The van der Waals surface area contributed by atoms with Gasteiger partial charge in [0.05, 0.1) is 13.2 Å². The zero-order valence-electron chi connectivity index (χ0n) is 16.2. The Morgan fingerprint density at radius 1 is 1.14 bits per heavy atom. The Labute approximate surface area is 171 Å². The molecule has 0 saturated carbocycles. The lowest BCUT2D eigenvalue weighted by molar-refractivity contribution is 0.0313. The number of aliphatic hydroxyl groups is 1. The molecule has 1 fully saturated rings. The van der Waals surface area contributed by atoms with Gasteiger partial charge in [-0.1, -0.05) is 23.7 Å². The summed E-state index contributed by atoms with van der Waals surface area (Å²) in [6.45, 7) is 3.10. The van der Waals surface area contributed by atoms with E-state index in [4.69, 9.17) is 25.8 Å². The standard InChI is InChI=1S/C22H28ClNO4/c1-26-20-8-4-17(5-9-20)13-24(15-22-3-2-12-27-22)14-19(25)16-28-21-10-6-18(23)7-11-21/h4-11,19,22,25H,2-3,12-16H2,1H3/t19-,22+/m0/s1. The first-order valence-corrected chi connectivity index (χ1v) is 10.0. The highest BCUT2D eigenvalue weighted by Gasteiger charge is 2.21. The molecule has 0 spiro atoms. The molecular formula is C22H28ClNO4. The van der Waals surface area contributed by atoms with Crippen LogP contribution in [0.2, 0.25) is 5.02 Å². The van der Waals surface area contributed by atoms with Crippen LogP contribution in [0.3, 0.4) is 0 Å². The Morgan fingerprint density at radius 3 is 2.50 bits per heavy atom. The average molecular weight is 406 g/mol. The summed E-state index contributed by atoms with van der Waals surface area (Å²) in [7, 11) is 1.66. The largest absolute Gasteiger partial charge is 0.497 e. The lowest BCUT2D eigenvalue weighted by Gasteiger charge is -2.27. The maximum absolute atomic E-state index is 10.5. The molecule has 0 bridgehead atoms. The Hall–Kier alpha value is -1.79. The second-order valence-electron chi connectivity index (χ2n) is 7.10. The molecule has 3 rings (SSSR count). The fraction of sp³-hybridized carbons (Fsp3) is 0.455. The number of halogens is 1. The number of aliphatic hydroxyl groups excluding tert-OH is 1. The maximum atomic E-state index is 10.5. The summed E-state index contributed by atoms with van der Waals surface area (Å²) < 4.78 is 16.7. The van der Waals surface area contributed by atoms with Crippen LogP contribution in [0.5, 0.6) is 11.5 Å². The minimum Gasteiger partial charge on any atom is -0.497 e. The molecule has 0 aliphatic carbocycles. The summed E-state index contributed by atoms with van der Waals surface area (Å²) in [5.41, 5.74) is 1.17. The van der Waals surface area contributed by atoms with Crippen molar-refractivity contribution in [3.8, 4) is 11.5 Å². The van der Waals surface area contributed by atoms with Crippen molar-refractivity contribution >= 4 is 11.6 Å². The molecular weight excluding hydrogens is 378 g/mol. The number of hydrogen-bond acceptors (Lipinski definition) is 5. The smallest absolute Gasteiger partial charge is 0.119 e. The number of ether oxygens (including phenoxy) is 3. The van der Waals surface area contributed by atoms with E-state index in [1.54, 1.807) is 31.4 Å². The first kappa shape index (κ1) is 20.9. The molecule has 1 N–H and O–H groups in total. The molecule has 28 heavy (non-hydrogen) atoms. The van der Waals surface area contributed by atoms with Crippen molar-refractivity contribution in [2.24, 2.45) is 0 Å². The molecule has 0 amide bonds. The van der Waals surface area contributed by atoms with Gasteiger partial charge in [-0.2, -0.15) is 0 Å². The van der Waals surface area contributed by atoms with Crippen LogP contribution < -0.4 is 9.47 Å². The number of hydrogen-bond donors (Lipinski definition) is 1. The van der Waals surface area contributed by atoms with E-state index >= 15 is 0 Å². The molecule has 1 aliphatic heterocycles. The first-order valence-electron chi connectivity index (χ1n) is 9.65. The number of methoxy groups -OCH3 is 1. The second-order valence-corrected chi connectivity index (χ2v) is 7.53. The first-order chi connectivity index (χ1) is 13.6. The van der Waals surface area contributed by atoms with Crippen LogP contribution in [0.15, 0.2) is 48.5 Å². The molecule has 0 unspecified atom stereocenters. The van der Waals surface area contributed by atoms with E-state index in [1.165, 1.54) is 5.56 Å². The van der Waals surface area contributed by atoms with E-state index in [0.717, 1.165) is 38.3 Å². The van der Waals surface area contributed by atoms with Crippen LogP contribution >= 0.6 is 11.6 Å². The zero-order valence-corrected chi connectivity index (χ0v) is 17.0. The molecule has 2 aromatic rings. The summed E-state index contributed by atoms with van der Waals surface area (Å²) in [5, 5.41) is 11.2. The van der Waals surface area contributed by atoms with Crippen LogP contribution in [0.4, 0.5) is 0 Å². The van der Waals surface area contributed by atoms with Gasteiger partial charge in [0.15, 0.2) is 0 Å². The fourth-order valence-corrected chi connectivity index (χ4v) is 3.47. The van der Waals surface area contributed by atoms with Crippen molar-refractivity contribution in [2.45, 2.75) is 31.6 Å². The summed E-state index contributed by atoms with van der Waals surface area (Å²) >= 11 is 5.89. The molecule has 2 aromatic carbocycles. The van der Waals surface area contributed by atoms with Gasteiger partial charge in [0.25, 0.3) is 0 Å². The van der Waals surface area contributed by atoms with Crippen molar-refractivity contribution in [2.75, 3.05) is 33.4 Å². The zero-order chi connectivity index (χ0) is 19.8. The van der Waals surface area contributed by atoms with Gasteiger partial charge in [-0.05, 0) is 54.8 Å². The molecule has 5 nitrogen and oxygen atoms in total. The van der Waals surface area contributed by atoms with Crippen LogP contribution in [-0.4, -0.2) is 55.6 Å². The van der Waals surface area contributed by atoms with Crippen LogP contribution in [0, 0.1) is 0 Å². The summed E-state index contributed by atoms with van der Waals surface area (Å²) in [6.07, 6.45) is 1.79. The van der Waals surface area contributed by atoms with Gasteiger partial charge in [0.2, 0.25) is 0 Å². The molecule has 152 valence electrons. The van der Waals surface area contributed by atoms with Crippen LogP contribution in [0.25, 0.3) is 0 Å². The van der Waals surface area contributed by atoms with E-state index in [1.807, 2.05) is 12.1 Å². The predicted octanol–water partition coefficient (Wildman–Crippen LogP) is 3.77. The Bertz CT molecular complexity index is 701. The lowest BCUT2D eigenvalue weighted by Crippen LogP contribution is -2.39. The van der Waals surface area contributed by atoms with Crippen molar-refractivity contribution < 1.29 is 19.3 Å². The highest BCUT2D eigenvalue weighted by Crippen LogP contribution is 2.18. The highest BCUT2D eigenvalue weighted by molar-refractivity contribution is 6.30. The predicted molar refractivity (Wildman–Crippen MR) is 110 cm³/mol. The maximum Gasteiger partial charge on any atom is 0.119 e. The number of nitrogens with zero attached hydrogens (tertiary/aromatic N) is 1. The van der Waals surface area contributed by atoms with E-state index < -0.39 is 6.10 Å². The molecule has 1 saturated heterocycles. The Kier molecular flexibility index (Phi) is 7.98. The minimum atomic E-state index is -0.602. The molecule has 1 heterocycles. The third-order valence-electron chi connectivity index (χ3n) is 4.78. The normalized spacial score (nSPS) is 17.6. The number of benzene rings is 2. The number of rotatable bonds is 10. The molecule has 1 aliphatic rings. The van der Waals surface area contributed by atoms with Crippen molar-refractivity contribution in [3.05, 3.63) is 59.1 Å². The average Bonchev–Trinajstić information content (AvgIpc) is 3.21. The summed E-state index contributed by atoms with van der Waals surface area (Å²) in [5.74, 6) is 1.54. The van der Waals surface area contributed by atoms with Crippen molar-refractivity contribution in [1.82, 2.24) is 4.90 Å². The second kappa shape index (κ2) is 10.7. The monoisotopic (exact) mass is 405 g/mol. The van der Waals surface area contributed by atoms with E-state index in [2.05, 4.69) is 17.0 Å². The van der Waals surface area contributed by atoms with E-state index in [9.17, 15) is 5.11 Å². The third kappa shape index (κ3) is 6.67. The Balaban J connectivity index is 1.55. The quantitative estimate of drug-likeness (QED) is 0.652. The molecule has 0 radical (unpaired) electrons. The van der Waals surface area contributed by atoms with Crippen LogP contribution in [0.1, 0.15) is 18.4 Å². The van der Waals surface area contributed by atoms with Gasteiger partial charge in [0.1, 0.15) is 24.2 Å². The third-order valence-corrected chi connectivity index (χ3v) is 5.03. The fourth-order valence-electron chi connectivity index (χ4n) is 3.34. The summed E-state index contributed by atoms with van der Waals surface area (Å²) in [4.78, 5) is 2.23. The molecule has 6 heteroatoms. The SMILES string of the molecule is COc1ccc(CN(C[C@H](O)COc2ccc(Cl)cc2)C[C@H]2CCCO2)cc1. The summed E-state index contributed by atoms with van der Waals surface area (Å²) in [6, 6.07) is 15.2. The minimum absolute atomic E-state index is 0.225. The van der Waals surface area contributed by atoms with Gasteiger partial charge >= 0.3 is 0 Å². The van der Waals surface area contributed by atoms with Gasteiger partial charge < -0.3 is 19.3 Å². The Morgan fingerprint density at radius 2 is 1.86 bits per heavy atom. The highest BCUT2D eigenvalue weighted by atomic mass is 35.5. The van der Waals surface area contributed by atoms with Crippen molar-refractivity contribution in [1.29, 1.82) is 0 Å². The topological polar surface area (TPSA) is 51.2 Å².